The summed E-state index contributed by atoms with van der Waals surface area (Å²) in [5, 5.41) is 14.9. The number of hydrogen-bond acceptors (Lipinski definition) is 9. The van der Waals surface area contributed by atoms with Crippen molar-refractivity contribution in [3.05, 3.63) is 148 Å². The molecule has 2 aliphatic heterocycles. The summed E-state index contributed by atoms with van der Waals surface area (Å²) in [4.78, 5) is 30.0. The average molecular weight is 752 g/mol. The zero-order valence-electron chi connectivity index (χ0n) is 28.8. The van der Waals surface area contributed by atoms with E-state index in [1.807, 2.05) is 60.7 Å². The van der Waals surface area contributed by atoms with Crippen LogP contribution in [0.3, 0.4) is 0 Å². The Morgan fingerprint density at radius 2 is 1.70 bits per heavy atom. The predicted molar refractivity (Wildman–Crippen MR) is 206 cm³/mol. The number of piperazine rings is 1. The van der Waals surface area contributed by atoms with E-state index in [0.29, 0.717) is 12.3 Å². The van der Waals surface area contributed by atoms with Crippen LogP contribution >= 0.6 is 11.8 Å². The first kappa shape index (κ1) is 36.1. The van der Waals surface area contributed by atoms with Crippen molar-refractivity contribution in [2.75, 3.05) is 42.1 Å². The molecule has 1 saturated heterocycles. The van der Waals surface area contributed by atoms with Gasteiger partial charge >= 0.3 is 0 Å². The quantitative estimate of drug-likeness (QED) is 0.0583. The van der Waals surface area contributed by atoms with Crippen molar-refractivity contribution in [3.63, 3.8) is 0 Å². The second-order valence-electron chi connectivity index (χ2n) is 13.1. The van der Waals surface area contributed by atoms with E-state index in [9.17, 15) is 27.7 Å². The Morgan fingerprint density at radius 3 is 2.49 bits per heavy atom. The highest BCUT2D eigenvalue weighted by atomic mass is 32.2. The first-order chi connectivity index (χ1) is 25.6. The number of thioether (sulfide) groups is 1. The lowest BCUT2D eigenvalue weighted by atomic mass is 9.92. The zero-order valence-corrected chi connectivity index (χ0v) is 30.4. The highest BCUT2D eigenvalue weighted by Crippen LogP contribution is 2.35. The van der Waals surface area contributed by atoms with Gasteiger partial charge < -0.3 is 10.2 Å². The van der Waals surface area contributed by atoms with Crippen LogP contribution in [0.5, 0.6) is 0 Å². The fraction of sp³-hybridized carbons (Fsp3) is 0.225. The maximum Gasteiger partial charge on any atom is 0.293 e. The molecule has 2 aliphatic rings. The number of amides is 1. The van der Waals surface area contributed by atoms with Crippen LogP contribution in [0.4, 0.5) is 21.5 Å². The van der Waals surface area contributed by atoms with Crippen LogP contribution in [0.25, 0.3) is 11.1 Å². The molecule has 0 radical (unpaired) electrons. The molecule has 1 amide bonds. The molecule has 53 heavy (non-hydrogen) atoms. The molecule has 0 saturated carbocycles. The Morgan fingerprint density at radius 1 is 0.925 bits per heavy atom. The smallest absolute Gasteiger partial charge is 0.293 e. The largest absolute Gasteiger partial charge is 0.379 e. The molecule has 272 valence electrons. The summed E-state index contributed by atoms with van der Waals surface area (Å²) in [5.74, 6) is -0.419. The molecule has 1 fully saturated rings. The van der Waals surface area contributed by atoms with Gasteiger partial charge in [-0.1, -0.05) is 54.6 Å². The minimum atomic E-state index is -4.41. The summed E-state index contributed by atoms with van der Waals surface area (Å²) < 4.78 is 42.2. The third kappa shape index (κ3) is 8.38. The van der Waals surface area contributed by atoms with Crippen LogP contribution < -0.4 is 14.9 Å². The Bertz CT molecular complexity index is 2240. The van der Waals surface area contributed by atoms with E-state index >= 15 is 0 Å². The number of carbonyl (C=O) groups excluding carboxylic acids is 1. The van der Waals surface area contributed by atoms with E-state index in [1.54, 1.807) is 23.9 Å². The van der Waals surface area contributed by atoms with E-state index in [-0.39, 0.29) is 28.0 Å². The van der Waals surface area contributed by atoms with Gasteiger partial charge in [-0.2, -0.15) is 0 Å². The lowest BCUT2D eigenvalue weighted by molar-refractivity contribution is -0.384. The van der Waals surface area contributed by atoms with E-state index in [4.69, 9.17) is 0 Å². The van der Waals surface area contributed by atoms with Crippen molar-refractivity contribution in [3.8, 4) is 11.1 Å². The Labute approximate surface area is 312 Å². The lowest BCUT2D eigenvalue weighted by Crippen LogP contribution is -2.54. The highest BCUT2D eigenvalue weighted by molar-refractivity contribution is 7.99. The number of sulfonamides is 1. The minimum Gasteiger partial charge on any atom is -0.379 e. The molecule has 0 bridgehead atoms. The van der Waals surface area contributed by atoms with Crippen molar-refractivity contribution in [1.29, 1.82) is 0 Å². The summed E-state index contributed by atoms with van der Waals surface area (Å²) in [6, 6.07) is 33.7. The van der Waals surface area contributed by atoms with Crippen LogP contribution in [0, 0.1) is 15.9 Å². The molecule has 0 aliphatic carbocycles. The standard InChI is InChI=1S/C40H38FN5O5S2/c41-32-14-10-28(11-15-32)36-9-5-4-6-31(36)26-44-21-22-45-33(27-44)16-12-29-24-30(13-19-38(29)45)40(47)43-53(50,51)35-17-18-37(39(25-35)46(48)49)42-20-23-52-34-7-2-1-3-8-34/h1-11,13-15,17-19,24-25,33,42H,12,16,20-23,26-27H2,(H,43,47)/t33-/m0/s1. The maximum atomic E-state index is 13.6. The summed E-state index contributed by atoms with van der Waals surface area (Å²) in [6.45, 7) is 3.69. The number of benzene rings is 5. The molecule has 0 spiro atoms. The van der Waals surface area contributed by atoms with Gasteiger partial charge in [-0.05, 0) is 89.7 Å². The number of fused-ring (bicyclic) bond motifs is 3. The van der Waals surface area contributed by atoms with Gasteiger partial charge in [0.15, 0.2) is 0 Å². The van der Waals surface area contributed by atoms with Crippen LogP contribution in [0.1, 0.15) is 27.9 Å². The van der Waals surface area contributed by atoms with Gasteiger partial charge in [-0.15, -0.1) is 11.8 Å². The summed E-state index contributed by atoms with van der Waals surface area (Å²) in [7, 11) is -4.41. The fourth-order valence-corrected chi connectivity index (χ4v) is 8.84. The topological polar surface area (TPSA) is 125 Å². The number of hydrogen-bond donors (Lipinski definition) is 2. The van der Waals surface area contributed by atoms with Gasteiger partial charge in [0.05, 0.1) is 9.82 Å². The number of nitrogens with one attached hydrogen (secondary N) is 2. The molecule has 5 aromatic carbocycles. The second-order valence-corrected chi connectivity index (χ2v) is 15.9. The maximum absolute atomic E-state index is 13.6. The number of nitrogens with zero attached hydrogens (tertiary/aromatic N) is 3. The van der Waals surface area contributed by atoms with Gasteiger partial charge in [-0.25, -0.2) is 17.5 Å². The molecule has 2 heterocycles. The van der Waals surface area contributed by atoms with Gasteiger partial charge in [0.25, 0.3) is 21.6 Å². The van der Waals surface area contributed by atoms with Gasteiger partial charge in [0, 0.05) is 66.7 Å². The van der Waals surface area contributed by atoms with Crippen molar-refractivity contribution in [2.45, 2.75) is 35.2 Å². The van der Waals surface area contributed by atoms with Crippen molar-refractivity contribution >= 4 is 44.8 Å². The fourth-order valence-electron chi connectivity index (χ4n) is 7.06. The normalized spacial score (nSPS) is 15.6. The van der Waals surface area contributed by atoms with Crippen LogP contribution in [-0.4, -0.2) is 62.1 Å². The van der Waals surface area contributed by atoms with E-state index in [2.05, 4.69) is 32.0 Å². The molecule has 7 rings (SSSR count). The number of rotatable bonds is 12. The van der Waals surface area contributed by atoms with Crippen molar-refractivity contribution < 1.29 is 22.5 Å². The number of halogens is 1. The lowest BCUT2D eigenvalue weighted by Gasteiger charge is -2.46. The van der Waals surface area contributed by atoms with E-state index in [0.717, 1.165) is 72.4 Å². The number of carbonyl (C=O) groups is 1. The molecule has 2 N–H and O–H groups in total. The monoisotopic (exact) mass is 751 g/mol. The molecule has 5 aromatic rings. The molecule has 1 atom stereocenters. The van der Waals surface area contributed by atoms with Gasteiger partial charge in [0.2, 0.25) is 0 Å². The second kappa shape index (κ2) is 15.8. The van der Waals surface area contributed by atoms with E-state index < -0.39 is 26.5 Å². The number of anilines is 2. The highest BCUT2D eigenvalue weighted by Gasteiger charge is 2.33. The molecule has 0 unspecified atom stereocenters. The zero-order chi connectivity index (χ0) is 37.0. The van der Waals surface area contributed by atoms with Crippen molar-refractivity contribution in [2.24, 2.45) is 0 Å². The molecular formula is C40H38FN5O5S2. The Balaban J connectivity index is 0.978. The van der Waals surface area contributed by atoms with Crippen LogP contribution in [0.2, 0.25) is 0 Å². The van der Waals surface area contributed by atoms with Crippen LogP contribution in [0.15, 0.2) is 125 Å². The predicted octanol–water partition coefficient (Wildman–Crippen LogP) is 7.36. The van der Waals surface area contributed by atoms with E-state index in [1.165, 1.54) is 29.8 Å². The summed E-state index contributed by atoms with van der Waals surface area (Å²) in [6.07, 6.45) is 1.61. The Hall–Kier alpha value is -5.24. The Kier molecular flexibility index (Phi) is 10.8. The first-order valence-corrected chi connectivity index (χ1v) is 19.8. The molecule has 0 aromatic heterocycles. The SMILES string of the molecule is O=C(NS(=O)(=O)c1ccc(NCCSc2ccccc2)c([N+](=O)[O-])c1)c1ccc2c(c1)CC[C@H]1CN(Cc3ccccc3-c3ccc(F)cc3)CCN21. The third-order valence-electron chi connectivity index (χ3n) is 9.66. The van der Waals surface area contributed by atoms with Crippen LogP contribution in [-0.2, 0) is 23.0 Å². The number of nitro benzene ring substituents is 1. The third-order valence-corrected chi connectivity index (χ3v) is 12.0. The molecule has 13 heteroatoms. The molecule has 10 nitrogen and oxygen atoms in total. The number of aryl methyl sites for hydroxylation is 1. The average Bonchev–Trinajstić information content (AvgIpc) is 3.17. The van der Waals surface area contributed by atoms with Gasteiger partial charge in [0.1, 0.15) is 11.5 Å². The minimum absolute atomic E-state index is 0.192. The summed E-state index contributed by atoms with van der Waals surface area (Å²) >= 11 is 1.59. The van der Waals surface area contributed by atoms with Gasteiger partial charge in [-0.3, -0.25) is 19.8 Å². The molecular weight excluding hydrogens is 714 g/mol. The first-order valence-electron chi connectivity index (χ1n) is 17.4. The summed E-state index contributed by atoms with van der Waals surface area (Å²) in [5.41, 5.74) is 5.26. The van der Waals surface area contributed by atoms with Crippen molar-refractivity contribution in [1.82, 2.24) is 9.62 Å². The number of nitro groups is 1.